The van der Waals surface area contributed by atoms with Gasteiger partial charge in [-0.25, -0.2) is 4.98 Å². The predicted molar refractivity (Wildman–Crippen MR) is 114 cm³/mol. The number of imidazole rings is 1. The monoisotopic (exact) mass is 413 g/mol. The van der Waals surface area contributed by atoms with E-state index in [1.54, 1.807) is 12.4 Å². The van der Waals surface area contributed by atoms with Crippen LogP contribution in [0.15, 0.2) is 55.0 Å². The fourth-order valence-corrected chi connectivity index (χ4v) is 4.32. The predicted octanol–water partition coefficient (Wildman–Crippen LogP) is 3.36. The van der Waals surface area contributed by atoms with Crippen LogP contribution in [0.4, 0.5) is 0 Å². The van der Waals surface area contributed by atoms with E-state index in [2.05, 4.69) is 27.9 Å². The van der Waals surface area contributed by atoms with Crippen molar-refractivity contribution >= 4 is 5.91 Å². The van der Waals surface area contributed by atoms with Crippen molar-refractivity contribution in [1.82, 2.24) is 19.8 Å². The Hall–Kier alpha value is -3.63. The van der Waals surface area contributed by atoms with Gasteiger partial charge >= 0.3 is 0 Å². The van der Waals surface area contributed by atoms with E-state index in [1.165, 1.54) is 0 Å². The first-order valence-electron chi connectivity index (χ1n) is 10.5. The van der Waals surface area contributed by atoms with Crippen LogP contribution in [0.5, 0.6) is 11.5 Å². The number of hydrogen-bond acceptors (Lipinski definition) is 5. The van der Waals surface area contributed by atoms with Gasteiger partial charge in [0, 0.05) is 25.8 Å². The lowest BCUT2D eigenvalue weighted by Crippen LogP contribution is -2.38. The zero-order valence-corrected chi connectivity index (χ0v) is 17.3. The van der Waals surface area contributed by atoms with Gasteiger partial charge < -0.3 is 19.5 Å². The van der Waals surface area contributed by atoms with Gasteiger partial charge in [-0.05, 0) is 48.7 Å². The molecule has 1 N–H and O–H groups in total. The second-order valence-corrected chi connectivity index (χ2v) is 8.07. The average Bonchev–Trinajstić information content (AvgIpc) is 3.38. The molecule has 1 saturated heterocycles. The third-order valence-corrected chi connectivity index (χ3v) is 6.10. The van der Waals surface area contributed by atoms with Crippen LogP contribution in [0.2, 0.25) is 0 Å². The number of fused-ring (bicyclic) bond motifs is 7. The highest BCUT2D eigenvalue weighted by Crippen LogP contribution is 2.31. The Bertz CT molecular complexity index is 1180. The number of nitrogens with zero attached hydrogens (tertiary/aromatic N) is 4. The van der Waals surface area contributed by atoms with Gasteiger partial charge in [-0.3, -0.25) is 4.79 Å². The number of ether oxygens (including phenoxy) is 1. The number of amides is 1. The van der Waals surface area contributed by atoms with Crippen molar-refractivity contribution in [1.29, 1.82) is 5.26 Å². The lowest BCUT2D eigenvalue weighted by Gasteiger charge is -2.21. The summed E-state index contributed by atoms with van der Waals surface area (Å²) in [4.78, 5) is 19.1. The molecule has 2 aromatic carbocycles. The molecule has 0 aliphatic carbocycles. The first-order chi connectivity index (χ1) is 15.1. The quantitative estimate of drug-likeness (QED) is 0.611. The van der Waals surface area contributed by atoms with E-state index in [0.29, 0.717) is 30.2 Å². The second-order valence-electron chi connectivity index (χ2n) is 8.07. The van der Waals surface area contributed by atoms with Crippen molar-refractivity contribution in [3.05, 3.63) is 77.4 Å². The SMILES string of the molecule is C[C@H]1c2ccc(C#N)c(c2)Oc2cccc(c2)CN2CCC(NCc3cncn31)C2=O. The normalized spacial score (nSPS) is 20.6. The minimum Gasteiger partial charge on any atom is -0.456 e. The van der Waals surface area contributed by atoms with Crippen molar-refractivity contribution in [2.45, 2.75) is 38.5 Å². The number of carbonyl (C=O) groups is 1. The van der Waals surface area contributed by atoms with Crippen LogP contribution in [0.1, 0.15) is 41.8 Å². The zero-order chi connectivity index (χ0) is 21.4. The van der Waals surface area contributed by atoms with Crippen LogP contribution < -0.4 is 10.1 Å². The molecule has 2 atom stereocenters. The van der Waals surface area contributed by atoms with E-state index < -0.39 is 0 Å². The lowest BCUT2D eigenvalue weighted by molar-refractivity contribution is -0.129. The molecule has 1 unspecified atom stereocenters. The molecule has 1 amide bonds. The molecular formula is C24H23N5O2. The average molecular weight is 413 g/mol. The molecule has 3 heterocycles. The first-order valence-corrected chi connectivity index (χ1v) is 10.5. The number of hydrogen-bond donors (Lipinski definition) is 1. The number of benzene rings is 2. The molecule has 2 aliphatic rings. The summed E-state index contributed by atoms with van der Waals surface area (Å²) in [7, 11) is 0. The molecule has 5 rings (SSSR count). The molecule has 1 aromatic heterocycles. The summed E-state index contributed by atoms with van der Waals surface area (Å²) < 4.78 is 8.23. The van der Waals surface area contributed by atoms with E-state index in [4.69, 9.17) is 4.74 Å². The van der Waals surface area contributed by atoms with Crippen molar-refractivity contribution in [3.63, 3.8) is 0 Å². The molecule has 7 nitrogen and oxygen atoms in total. The fraction of sp³-hybridized carbons (Fsp3) is 0.292. The van der Waals surface area contributed by atoms with Crippen LogP contribution in [0.3, 0.4) is 0 Å². The van der Waals surface area contributed by atoms with Crippen LogP contribution in [0, 0.1) is 11.3 Å². The molecule has 156 valence electrons. The van der Waals surface area contributed by atoms with E-state index in [1.807, 2.05) is 47.5 Å². The Labute approximate surface area is 180 Å². The van der Waals surface area contributed by atoms with E-state index in [0.717, 1.165) is 29.8 Å². The Morgan fingerprint density at radius 3 is 3.03 bits per heavy atom. The summed E-state index contributed by atoms with van der Waals surface area (Å²) in [6, 6.07) is 15.4. The highest BCUT2D eigenvalue weighted by Gasteiger charge is 2.31. The molecule has 2 aliphatic heterocycles. The lowest BCUT2D eigenvalue weighted by atomic mass is 10.0. The van der Waals surface area contributed by atoms with Gasteiger partial charge in [0.1, 0.15) is 17.6 Å². The summed E-state index contributed by atoms with van der Waals surface area (Å²) >= 11 is 0. The largest absolute Gasteiger partial charge is 0.456 e. The molecule has 0 spiro atoms. The minimum absolute atomic E-state index is 0.00980. The number of rotatable bonds is 0. The zero-order valence-electron chi connectivity index (χ0n) is 17.3. The maximum atomic E-state index is 12.9. The van der Waals surface area contributed by atoms with Gasteiger partial charge in [0.05, 0.1) is 29.7 Å². The van der Waals surface area contributed by atoms with Crippen LogP contribution >= 0.6 is 0 Å². The highest BCUT2D eigenvalue weighted by molar-refractivity contribution is 5.84. The number of nitrogens with one attached hydrogen (secondary N) is 1. The van der Waals surface area contributed by atoms with Gasteiger partial charge in [-0.1, -0.05) is 18.2 Å². The van der Waals surface area contributed by atoms with Gasteiger partial charge in [0.25, 0.3) is 0 Å². The smallest absolute Gasteiger partial charge is 0.240 e. The molecule has 1 fully saturated rings. The van der Waals surface area contributed by atoms with Crippen LogP contribution in [-0.4, -0.2) is 32.9 Å². The molecular weight excluding hydrogens is 390 g/mol. The highest BCUT2D eigenvalue weighted by atomic mass is 16.5. The van der Waals surface area contributed by atoms with Crippen molar-refractivity contribution in [2.24, 2.45) is 0 Å². The summed E-state index contributed by atoms with van der Waals surface area (Å²) in [5.74, 6) is 1.29. The Morgan fingerprint density at radius 2 is 2.16 bits per heavy atom. The maximum absolute atomic E-state index is 12.9. The van der Waals surface area contributed by atoms with Gasteiger partial charge in [-0.2, -0.15) is 5.26 Å². The standard InChI is InChI=1S/C24H23N5O2/c1-16-18-5-6-19(11-25)23(10-18)31-21-4-2-3-17(9-21)14-28-8-7-22(24(28)30)27-13-20-12-26-15-29(16)20/h2-6,9-10,12,15-16,22,27H,7-8,13-14H2,1H3/t16-,22?/m0/s1. The molecule has 7 heteroatoms. The third-order valence-electron chi connectivity index (χ3n) is 6.10. The van der Waals surface area contributed by atoms with Gasteiger partial charge in [0.15, 0.2) is 0 Å². The number of carbonyl (C=O) groups excluding carboxylic acids is 1. The fourth-order valence-electron chi connectivity index (χ4n) is 4.32. The molecule has 0 radical (unpaired) electrons. The van der Waals surface area contributed by atoms with Crippen molar-refractivity contribution in [3.8, 4) is 17.6 Å². The Kier molecular flexibility index (Phi) is 4.92. The van der Waals surface area contributed by atoms with Gasteiger partial charge in [0.2, 0.25) is 5.91 Å². The van der Waals surface area contributed by atoms with Crippen molar-refractivity contribution < 1.29 is 9.53 Å². The second kappa shape index (κ2) is 7.89. The topological polar surface area (TPSA) is 83.2 Å². The minimum atomic E-state index is -0.187. The van der Waals surface area contributed by atoms with E-state index in [9.17, 15) is 10.1 Å². The Balaban J connectivity index is 1.59. The van der Waals surface area contributed by atoms with Crippen LogP contribution in [-0.2, 0) is 17.9 Å². The number of aromatic nitrogens is 2. The molecule has 6 bridgehead atoms. The maximum Gasteiger partial charge on any atom is 0.240 e. The molecule has 31 heavy (non-hydrogen) atoms. The molecule has 3 aromatic rings. The Morgan fingerprint density at radius 1 is 1.26 bits per heavy atom. The van der Waals surface area contributed by atoms with Crippen LogP contribution in [0.25, 0.3) is 0 Å². The van der Waals surface area contributed by atoms with E-state index in [-0.39, 0.29) is 18.0 Å². The van der Waals surface area contributed by atoms with Crippen molar-refractivity contribution in [2.75, 3.05) is 6.54 Å². The van der Waals surface area contributed by atoms with Gasteiger partial charge in [-0.15, -0.1) is 0 Å². The summed E-state index contributed by atoms with van der Waals surface area (Å²) in [6.45, 7) is 3.90. The third kappa shape index (κ3) is 3.66. The molecule has 0 saturated carbocycles. The summed E-state index contributed by atoms with van der Waals surface area (Å²) in [5.41, 5.74) is 3.50. The first kappa shape index (κ1) is 19.3. The van der Waals surface area contributed by atoms with E-state index >= 15 is 0 Å². The number of nitriles is 1. The summed E-state index contributed by atoms with van der Waals surface area (Å²) in [6.07, 6.45) is 4.41. The summed E-state index contributed by atoms with van der Waals surface area (Å²) in [5, 5.41) is 13.0.